The van der Waals surface area contributed by atoms with Gasteiger partial charge in [-0.2, -0.15) is 5.26 Å². The number of aromatic nitrogens is 2. The molecule has 3 N–H and O–H groups in total. The molecule has 1 atom stereocenters. The number of aromatic amines is 1. The van der Waals surface area contributed by atoms with Gasteiger partial charge in [-0.3, -0.25) is 0 Å². The van der Waals surface area contributed by atoms with E-state index in [1.807, 2.05) is 18.3 Å². The molecule has 0 aromatic carbocycles. The first-order valence-corrected chi connectivity index (χ1v) is 4.37. The van der Waals surface area contributed by atoms with E-state index in [-0.39, 0.29) is 6.04 Å². The molecular formula is C10H10N4. The molecule has 14 heavy (non-hydrogen) atoms. The fourth-order valence-electron chi connectivity index (χ4n) is 1.49. The molecule has 2 aromatic heterocycles. The van der Waals surface area contributed by atoms with Crippen LogP contribution in [0.1, 0.15) is 18.0 Å². The highest BCUT2D eigenvalue weighted by Crippen LogP contribution is 2.22. The van der Waals surface area contributed by atoms with Gasteiger partial charge in [0, 0.05) is 23.8 Å². The molecule has 2 rings (SSSR count). The van der Waals surface area contributed by atoms with Crippen molar-refractivity contribution in [2.45, 2.75) is 12.5 Å². The number of nitrogens with one attached hydrogen (secondary N) is 1. The van der Waals surface area contributed by atoms with Gasteiger partial charge in [0.2, 0.25) is 0 Å². The van der Waals surface area contributed by atoms with E-state index in [0.717, 1.165) is 16.6 Å². The van der Waals surface area contributed by atoms with Gasteiger partial charge in [-0.15, -0.1) is 0 Å². The summed E-state index contributed by atoms with van der Waals surface area (Å²) in [5.41, 5.74) is 7.61. The van der Waals surface area contributed by atoms with E-state index in [4.69, 9.17) is 11.0 Å². The molecule has 0 radical (unpaired) electrons. The van der Waals surface area contributed by atoms with Crippen LogP contribution in [0.4, 0.5) is 0 Å². The Morgan fingerprint density at radius 1 is 1.64 bits per heavy atom. The zero-order valence-corrected chi connectivity index (χ0v) is 7.57. The Hall–Kier alpha value is -1.86. The molecule has 0 bridgehead atoms. The first-order chi connectivity index (χ1) is 6.83. The quantitative estimate of drug-likeness (QED) is 0.745. The van der Waals surface area contributed by atoms with E-state index in [2.05, 4.69) is 16.0 Å². The maximum absolute atomic E-state index is 8.55. The number of nitrogens with zero attached hydrogens (tertiary/aromatic N) is 2. The van der Waals surface area contributed by atoms with Gasteiger partial charge in [0.25, 0.3) is 0 Å². The number of nitriles is 1. The van der Waals surface area contributed by atoms with E-state index in [0.29, 0.717) is 6.42 Å². The number of hydrogen-bond donors (Lipinski definition) is 2. The van der Waals surface area contributed by atoms with Gasteiger partial charge in [-0.1, -0.05) is 0 Å². The summed E-state index contributed by atoms with van der Waals surface area (Å²) in [4.78, 5) is 7.18. The number of hydrogen-bond acceptors (Lipinski definition) is 3. The maximum atomic E-state index is 8.55. The highest BCUT2D eigenvalue weighted by Gasteiger charge is 2.10. The van der Waals surface area contributed by atoms with Crippen LogP contribution in [0.15, 0.2) is 24.5 Å². The van der Waals surface area contributed by atoms with Crippen LogP contribution in [0.2, 0.25) is 0 Å². The molecule has 4 heteroatoms. The molecule has 0 aliphatic heterocycles. The second-order valence-electron chi connectivity index (χ2n) is 3.11. The molecule has 0 amide bonds. The SMILES string of the molecule is N#CC[C@@H](N)c1c[nH]c2ncccc12. The highest BCUT2D eigenvalue weighted by atomic mass is 14.8. The fourth-order valence-corrected chi connectivity index (χ4v) is 1.49. The Labute approximate surface area is 81.4 Å². The van der Waals surface area contributed by atoms with Crippen molar-refractivity contribution in [3.05, 3.63) is 30.1 Å². The molecule has 70 valence electrons. The maximum Gasteiger partial charge on any atom is 0.137 e. The summed E-state index contributed by atoms with van der Waals surface area (Å²) in [5.74, 6) is 0. The van der Waals surface area contributed by atoms with Crippen molar-refractivity contribution in [3.63, 3.8) is 0 Å². The lowest BCUT2D eigenvalue weighted by molar-refractivity contribution is 0.755. The predicted molar refractivity (Wildman–Crippen MR) is 53.3 cm³/mol. The zero-order chi connectivity index (χ0) is 9.97. The van der Waals surface area contributed by atoms with Crippen LogP contribution >= 0.6 is 0 Å². The van der Waals surface area contributed by atoms with Crippen LogP contribution < -0.4 is 5.73 Å². The largest absolute Gasteiger partial charge is 0.346 e. The van der Waals surface area contributed by atoms with Gasteiger partial charge in [0.05, 0.1) is 12.5 Å². The van der Waals surface area contributed by atoms with Crippen molar-refractivity contribution < 1.29 is 0 Å². The van der Waals surface area contributed by atoms with Gasteiger partial charge in [0.15, 0.2) is 0 Å². The van der Waals surface area contributed by atoms with Crippen molar-refractivity contribution >= 4 is 11.0 Å². The molecule has 0 unspecified atom stereocenters. The Morgan fingerprint density at radius 2 is 2.50 bits per heavy atom. The number of rotatable bonds is 2. The molecule has 0 aliphatic carbocycles. The number of nitrogens with two attached hydrogens (primary N) is 1. The summed E-state index contributed by atoms with van der Waals surface area (Å²) in [6.07, 6.45) is 3.86. The van der Waals surface area contributed by atoms with Gasteiger partial charge < -0.3 is 10.7 Å². The average Bonchev–Trinajstić information content (AvgIpc) is 2.61. The van der Waals surface area contributed by atoms with Crippen LogP contribution in [-0.4, -0.2) is 9.97 Å². The third-order valence-corrected chi connectivity index (χ3v) is 2.19. The summed E-state index contributed by atoms with van der Waals surface area (Å²) in [6, 6.07) is 5.63. The first-order valence-electron chi connectivity index (χ1n) is 4.37. The van der Waals surface area contributed by atoms with Crippen LogP contribution in [0.3, 0.4) is 0 Å². The monoisotopic (exact) mass is 186 g/mol. The standard InChI is InChI=1S/C10H10N4/c11-4-3-9(12)8-6-14-10-7(8)2-1-5-13-10/h1-2,5-6,9H,3,12H2,(H,13,14)/t9-/m1/s1. The van der Waals surface area contributed by atoms with Gasteiger partial charge >= 0.3 is 0 Å². The minimum absolute atomic E-state index is 0.238. The summed E-state index contributed by atoms with van der Waals surface area (Å²) >= 11 is 0. The number of pyridine rings is 1. The first kappa shape index (κ1) is 8.73. The van der Waals surface area contributed by atoms with Crippen molar-refractivity contribution in [1.82, 2.24) is 9.97 Å². The summed E-state index contributed by atoms with van der Waals surface area (Å²) < 4.78 is 0. The number of H-pyrrole nitrogens is 1. The lowest BCUT2D eigenvalue weighted by Crippen LogP contribution is -2.08. The molecular weight excluding hydrogens is 176 g/mol. The van der Waals surface area contributed by atoms with E-state index in [9.17, 15) is 0 Å². The van der Waals surface area contributed by atoms with Crippen molar-refractivity contribution in [2.24, 2.45) is 5.73 Å². The van der Waals surface area contributed by atoms with E-state index < -0.39 is 0 Å². The van der Waals surface area contributed by atoms with Crippen molar-refractivity contribution in [1.29, 1.82) is 5.26 Å². The average molecular weight is 186 g/mol. The third-order valence-electron chi connectivity index (χ3n) is 2.19. The molecule has 2 aromatic rings. The van der Waals surface area contributed by atoms with Gasteiger partial charge in [-0.25, -0.2) is 4.98 Å². The smallest absolute Gasteiger partial charge is 0.137 e. The molecule has 0 spiro atoms. The predicted octanol–water partition coefficient (Wildman–Crippen LogP) is 1.48. The highest BCUT2D eigenvalue weighted by molar-refractivity contribution is 5.80. The van der Waals surface area contributed by atoms with Crippen molar-refractivity contribution in [2.75, 3.05) is 0 Å². The zero-order valence-electron chi connectivity index (χ0n) is 7.57. The molecule has 4 nitrogen and oxygen atoms in total. The van der Waals surface area contributed by atoms with E-state index in [1.165, 1.54) is 0 Å². The van der Waals surface area contributed by atoms with Crippen LogP contribution in [0, 0.1) is 11.3 Å². The van der Waals surface area contributed by atoms with Crippen LogP contribution in [0.5, 0.6) is 0 Å². The minimum Gasteiger partial charge on any atom is -0.346 e. The Balaban J connectivity index is 2.48. The molecule has 2 heterocycles. The Kier molecular flexibility index (Phi) is 2.17. The van der Waals surface area contributed by atoms with Crippen LogP contribution in [-0.2, 0) is 0 Å². The van der Waals surface area contributed by atoms with E-state index >= 15 is 0 Å². The van der Waals surface area contributed by atoms with Crippen LogP contribution in [0.25, 0.3) is 11.0 Å². The second kappa shape index (κ2) is 3.48. The summed E-state index contributed by atoms with van der Waals surface area (Å²) in [5, 5.41) is 9.55. The lowest BCUT2D eigenvalue weighted by atomic mass is 10.1. The molecule has 0 saturated heterocycles. The van der Waals surface area contributed by atoms with Gasteiger partial charge in [0.1, 0.15) is 5.65 Å². The van der Waals surface area contributed by atoms with E-state index in [1.54, 1.807) is 6.20 Å². The molecule has 0 saturated carbocycles. The van der Waals surface area contributed by atoms with Gasteiger partial charge in [-0.05, 0) is 17.7 Å². The minimum atomic E-state index is -0.238. The summed E-state index contributed by atoms with van der Waals surface area (Å²) in [7, 11) is 0. The fraction of sp³-hybridized carbons (Fsp3) is 0.200. The summed E-state index contributed by atoms with van der Waals surface area (Å²) in [6.45, 7) is 0. The molecule has 0 aliphatic rings. The Morgan fingerprint density at radius 3 is 3.29 bits per heavy atom. The van der Waals surface area contributed by atoms with Crippen molar-refractivity contribution in [3.8, 4) is 6.07 Å². The third kappa shape index (κ3) is 1.34. The number of fused-ring (bicyclic) bond motifs is 1. The normalized spacial score (nSPS) is 12.6. The second-order valence-corrected chi connectivity index (χ2v) is 3.11. The molecule has 0 fully saturated rings. The lowest BCUT2D eigenvalue weighted by Gasteiger charge is -2.04. The Bertz CT molecular complexity index is 480. The topological polar surface area (TPSA) is 78.5 Å².